The summed E-state index contributed by atoms with van der Waals surface area (Å²) >= 11 is 6.38. The number of anilines is 1. The Morgan fingerprint density at radius 2 is 1.83 bits per heavy atom. The highest BCUT2D eigenvalue weighted by atomic mass is 35.5. The lowest BCUT2D eigenvalue weighted by Crippen LogP contribution is -2.45. The number of hydrogen-bond donors (Lipinski definition) is 1. The van der Waals surface area contributed by atoms with E-state index in [1.165, 1.54) is 0 Å². The van der Waals surface area contributed by atoms with Gasteiger partial charge in [-0.25, -0.2) is 18.7 Å². The topological polar surface area (TPSA) is 74.2 Å². The van der Waals surface area contributed by atoms with Gasteiger partial charge in [0.2, 0.25) is 5.95 Å². The fourth-order valence-electron chi connectivity index (χ4n) is 4.43. The number of piperidine rings is 1. The number of nitrogens with one attached hydrogen (secondary N) is 1. The van der Waals surface area contributed by atoms with Crippen molar-refractivity contribution in [2.24, 2.45) is 0 Å². The lowest BCUT2D eigenvalue weighted by Gasteiger charge is -2.37. The van der Waals surface area contributed by atoms with E-state index in [0.717, 1.165) is 18.7 Å². The van der Waals surface area contributed by atoms with E-state index in [1.54, 1.807) is 42.9 Å². The van der Waals surface area contributed by atoms with E-state index in [2.05, 4.69) is 20.3 Å². The predicted octanol–water partition coefficient (Wildman–Crippen LogP) is 4.73. The summed E-state index contributed by atoms with van der Waals surface area (Å²) in [5, 5.41) is 3.94. The zero-order valence-corrected chi connectivity index (χ0v) is 20.6. The number of carbonyl (C=O) groups excluding carboxylic acids is 1. The molecule has 0 bridgehead atoms. The van der Waals surface area contributed by atoms with E-state index < -0.39 is 5.92 Å². The minimum atomic E-state index is -2.67. The van der Waals surface area contributed by atoms with Crippen LogP contribution in [0.2, 0.25) is 5.02 Å². The van der Waals surface area contributed by atoms with Gasteiger partial charge in [0.15, 0.2) is 0 Å². The average molecular weight is 503 g/mol. The number of nitrogens with zero attached hydrogens (tertiary/aromatic N) is 5. The molecule has 1 amide bonds. The fraction of sp³-hybridized carbons (Fsp3) is 0.440. The third-order valence-electron chi connectivity index (χ3n) is 6.48. The van der Waals surface area contributed by atoms with Gasteiger partial charge < -0.3 is 10.2 Å². The second-order valence-electron chi connectivity index (χ2n) is 8.60. The highest BCUT2D eigenvalue weighted by Crippen LogP contribution is 2.32. The van der Waals surface area contributed by atoms with Crippen LogP contribution < -0.4 is 10.2 Å². The van der Waals surface area contributed by atoms with E-state index in [4.69, 9.17) is 11.6 Å². The summed E-state index contributed by atoms with van der Waals surface area (Å²) in [6.07, 6.45) is 4.65. The first-order chi connectivity index (χ1) is 16.8. The summed E-state index contributed by atoms with van der Waals surface area (Å²) in [5.74, 6) is -2.40. The molecule has 1 aliphatic heterocycles. The third-order valence-corrected chi connectivity index (χ3v) is 6.79. The van der Waals surface area contributed by atoms with Crippen LogP contribution in [0.15, 0.2) is 42.9 Å². The lowest BCUT2D eigenvalue weighted by molar-refractivity contribution is -0.0632. The van der Waals surface area contributed by atoms with Crippen LogP contribution in [0.5, 0.6) is 0 Å². The van der Waals surface area contributed by atoms with Crippen LogP contribution in [0.25, 0.3) is 10.9 Å². The van der Waals surface area contributed by atoms with E-state index in [-0.39, 0.29) is 44.4 Å². The van der Waals surface area contributed by atoms with Crippen molar-refractivity contribution in [2.75, 3.05) is 37.6 Å². The molecule has 186 valence electrons. The third kappa shape index (κ3) is 5.67. The normalized spacial score (nSPS) is 16.7. The summed E-state index contributed by atoms with van der Waals surface area (Å²) < 4.78 is 27.7. The SMILES string of the molecule is CCN(CC)c1ncc(C(CNC(=O)c2c(Cl)ccc3ncccc23)N2CCC(F)(F)CC2)cn1. The van der Waals surface area contributed by atoms with Gasteiger partial charge in [-0.05, 0) is 32.0 Å². The van der Waals surface area contributed by atoms with Crippen LogP contribution in [0, 0.1) is 0 Å². The number of hydrogen-bond acceptors (Lipinski definition) is 6. The molecule has 1 aromatic carbocycles. The first-order valence-electron chi connectivity index (χ1n) is 11.8. The Morgan fingerprint density at radius 3 is 2.49 bits per heavy atom. The number of carbonyl (C=O) groups is 1. The Labute approximate surface area is 208 Å². The molecule has 0 radical (unpaired) electrons. The maximum Gasteiger partial charge on any atom is 0.253 e. The van der Waals surface area contributed by atoms with Crippen LogP contribution in [-0.2, 0) is 0 Å². The number of benzene rings is 1. The molecule has 1 atom stereocenters. The molecule has 3 heterocycles. The van der Waals surface area contributed by atoms with Crippen molar-refractivity contribution >= 4 is 34.4 Å². The second-order valence-corrected chi connectivity index (χ2v) is 9.01. The molecule has 2 aromatic heterocycles. The predicted molar refractivity (Wildman–Crippen MR) is 133 cm³/mol. The monoisotopic (exact) mass is 502 g/mol. The van der Waals surface area contributed by atoms with Crippen LogP contribution in [0.3, 0.4) is 0 Å². The van der Waals surface area contributed by atoms with Crippen molar-refractivity contribution < 1.29 is 13.6 Å². The van der Waals surface area contributed by atoms with Gasteiger partial charge >= 0.3 is 0 Å². The average Bonchev–Trinajstić information content (AvgIpc) is 2.86. The van der Waals surface area contributed by atoms with Gasteiger partial charge in [-0.15, -0.1) is 0 Å². The van der Waals surface area contributed by atoms with Crippen molar-refractivity contribution in [3.8, 4) is 0 Å². The number of pyridine rings is 1. The molecule has 1 N–H and O–H groups in total. The number of alkyl halides is 2. The summed E-state index contributed by atoms with van der Waals surface area (Å²) in [6, 6.07) is 6.61. The number of likely N-dealkylation sites (tertiary alicyclic amines) is 1. The summed E-state index contributed by atoms with van der Waals surface area (Å²) in [7, 11) is 0. The highest BCUT2D eigenvalue weighted by Gasteiger charge is 2.37. The van der Waals surface area contributed by atoms with Crippen molar-refractivity contribution in [3.63, 3.8) is 0 Å². The summed E-state index contributed by atoms with van der Waals surface area (Å²) in [6.45, 7) is 6.23. The van der Waals surface area contributed by atoms with E-state index >= 15 is 0 Å². The zero-order valence-electron chi connectivity index (χ0n) is 19.8. The van der Waals surface area contributed by atoms with Gasteiger partial charge in [0.05, 0.1) is 22.1 Å². The molecule has 10 heteroatoms. The van der Waals surface area contributed by atoms with Gasteiger partial charge in [-0.3, -0.25) is 14.7 Å². The van der Waals surface area contributed by atoms with Crippen LogP contribution in [0.4, 0.5) is 14.7 Å². The van der Waals surface area contributed by atoms with E-state index in [0.29, 0.717) is 27.4 Å². The molecule has 1 saturated heterocycles. The standard InChI is InChI=1S/C25H29ClF2N6O/c1-3-33(4-2)24-31-14-17(15-32-24)21(34-12-9-25(27,28)10-13-34)16-30-23(35)22-18-6-5-11-29-20(18)8-7-19(22)26/h5-8,11,14-15,21H,3-4,9-10,12-13,16H2,1-2H3,(H,30,35). The number of aromatic nitrogens is 3. The van der Waals surface area contributed by atoms with Gasteiger partial charge in [-0.2, -0.15) is 0 Å². The molecule has 1 fully saturated rings. The smallest absolute Gasteiger partial charge is 0.253 e. The van der Waals surface area contributed by atoms with Crippen LogP contribution in [0.1, 0.15) is 48.7 Å². The van der Waals surface area contributed by atoms with Gasteiger partial charge in [0, 0.05) is 75.1 Å². The van der Waals surface area contributed by atoms with E-state index in [1.807, 2.05) is 23.6 Å². The van der Waals surface area contributed by atoms with E-state index in [9.17, 15) is 13.6 Å². The molecular weight excluding hydrogens is 474 g/mol. The second kappa shape index (κ2) is 10.8. The lowest BCUT2D eigenvalue weighted by atomic mass is 10.0. The largest absolute Gasteiger partial charge is 0.350 e. The Kier molecular flexibility index (Phi) is 7.76. The molecule has 1 unspecified atom stereocenters. The Balaban J connectivity index is 1.58. The molecule has 3 aromatic rings. The van der Waals surface area contributed by atoms with Crippen molar-refractivity contribution in [3.05, 3.63) is 59.0 Å². The Hall–Kier alpha value is -2.91. The van der Waals surface area contributed by atoms with Crippen molar-refractivity contribution in [1.29, 1.82) is 0 Å². The summed E-state index contributed by atoms with van der Waals surface area (Å²) in [5.41, 5.74) is 1.77. The molecule has 0 aliphatic carbocycles. The van der Waals surface area contributed by atoms with Gasteiger partial charge in [0.25, 0.3) is 11.8 Å². The molecular formula is C25H29ClF2N6O. The molecule has 7 nitrogen and oxygen atoms in total. The van der Waals surface area contributed by atoms with Crippen molar-refractivity contribution in [1.82, 2.24) is 25.2 Å². The molecule has 0 spiro atoms. The van der Waals surface area contributed by atoms with Gasteiger partial charge in [0.1, 0.15) is 0 Å². The quantitative estimate of drug-likeness (QED) is 0.480. The fourth-order valence-corrected chi connectivity index (χ4v) is 4.68. The van der Waals surface area contributed by atoms with Crippen LogP contribution >= 0.6 is 11.6 Å². The number of fused-ring (bicyclic) bond motifs is 1. The Bertz CT molecular complexity index is 1160. The van der Waals surface area contributed by atoms with Crippen LogP contribution in [-0.4, -0.2) is 64.4 Å². The van der Waals surface area contributed by atoms with Crippen molar-refractivity contribution in [2.45, 2.75) is 38.7 Å². The maximum atomic E-state index is 13.8. The molecule has 0 saturated carbocycles. The Morgan fingerprint density at radius 1 is 1.14 bits per heavy atom. The minimum Gasteiger partial charge on any atom is -0.350 e. The first-order valence-corrected chi connectivity index (χ1v) is 12.2. The number of amides is 1. The van der Waals surface area contributed by atoms with Gasteiger partial charge in [-0.1, -0.05) is 17.7 Å². The highest BCUT2D eigenvalue weighted by molar-refractivity contribution is 6.35. The maximum absolute atomic E-state index is 13.8. The first kappa shape index (κ1) is 25.2. The summed E-state index contributed by atoms with van der Waals surface area (Å²) in [4.78, 5) is 30.5. The molecule has 35 heavy (non-hydrogen) atoms. The molecule has 1 aliphatic rings. The number of halogens is 3. The number of rotatable bonds is 8. The molecule has 4 rings (SSSR count). The minimum absolute atomic E-state index is 0.200. The zero-order chi connectivity index (χ0) is 25.0.